The molecule has 3 aromatic rings. The Labute approximate surface area is 264 Å². The van der Waals surface area contributed by atoms with Crippen LogP contribution in [0.2, 0.25) is 0 Å². The van der Waals surface area contributed by atoms with Gasteiger partial charge in [0.05, 0.1) is 36.8 Å². The van der Waals surface area contributed by atoms with Crippen LogP contribution in [0.1, 0.15) is 49.0 Å². The number of carbonyl (C=O) groups excluding carboxylic acids is 1. The van der Waals surface area contributed by atoms with Gasteiger partial charge in [-0.15, -0.1) is 0 Å². The lowest BCUT2D eigenvalue weighted by molar-refractivity contribution is -0.217. The summed E-state index contributed by atoms with van der Waals surface area (Å²) in [7, 11) is 1.23. The van der Waals surface area contributed by atoms with E-state index in [1.165, 1.54) is 30.2 Å². The molecule has 2 saturated heterocycles. The summed E-state index contributed by atoms with van der Waals surface area (Å²) >= 11 is 0. The normalized spacial score (nSPS) is 22.1. The molecule has 0 saturated carbocycles. The van der Waals surface area contributed by atoms with Crippen molar-refractivity contribution in [1.82, 2.24) is 34.7 Å². The summed E-state index contributed by atoms with van der Waals surface area (Å²) in [6.07, 6.45) is -7.17. The van der Waals surface area contributed by atoms with Gasteiger partial charge in [0.1, 0.15) is 23.6 Å². The lowest BCUT2D eigenvalue weighted by Crippen LogP contribution is -2.51. The maximum absolute atomic E-state index is 15.3. The van der Waals surface area contributed by atoms with E-state index in [1.807, 2.05) is 4.90 Å². The van der Waals surface area contributed by atoms with Gasteiger partial charge in [0, 0.05) is 44.2 Å². The molecule has 0 spiro atoms. The lowest BCUT2D eigenvalue weighted by Gasteiger charge is -2.35. The average molecular weight is 673 g/mol. The Kier molecular flexibility index (Phi) is 8.93. The van der Waals surface area contributed by atoms with Crippen LogP contribution in [0.25, 0.3) is 16.8 Å². The Morgan fingerprint density at radius 2 is 1.85 bits per heavy atom. The zero-order valence-electron chi connectivity index (χ0n) is 25.7. The van der Waals surface area contributed by atoms with Crippen LogP contribution in [0.4, 0.5) is 37.0 Å². The number of ether oxygens (including phenoxy) is 1. The molecule has 0 radical (unpaired) electrons. The molecule has 256 valence electrons. The minimum atomic E-state index is -4.73. The highest BCUT2D eigenvalue weighted by atomic mass is 19.4. The summed E-state index contributed by atoms with van der Waals surface area (Å²) in [5.74, 6) is -3.77. The van der Waals surface area contributed by atoms with Crippen LogP contribution in [-0.4, -0.2) is 104 Å². The molecule has 5 heterocycles. The number of likely N-dealkylation sites (tertiary alicyclic amines) is 2. The topological polar surface area (TPSA) is 151 Å². The van der Waals surface area contributed by atoms with Crippen LogP contribution in [0.15, 0.2) is 24.7 Å². The van der Waals surface area contributed by atoms with Gasteiger partial charge in [0.15, 0.2) is 5.82 Å². The van der Waals surface area contributed by atoms with Gasteiger partial charge >= 0.3 is 12.3 Å². The number of halogens is 6. The number of pyridine rings is 1. The van der Waals surface area contributed by atoms with Crippen molar-refractivity contribution in [3.63, 3.8) is 0 Å². The summed E-state index contributed by atoms with van der Waals surface area (Å²) in [6, 6.07) is -0.0824. The first-order valence-corrected chi connectivity index (χ1v) is 14.7. The van der Waals surface area contributed by atoms with Crippen LogP contribution in [0.5, 0.6) is 5.88 Å². The predicted octanol–water partition coefficient (Wildman–Crippen LogP) is 4.39. The number of carboxylic acid groups (broad SMARTS) is 1. The van der Waals surface area contributed by atoms with Gasteiger partial charge in [-0.1, -0.05) is 13.8 Å². The number of aromatic nitrogens is 4. The molecule has 3 atom stereocenters. The number of methoxy groups -OCH3 is 1. The Balaban J connectivity index is 1.48. The number of nitrogens with two attached hydrogens (primary N) is 1. The fourth-order valence-corrected chi connectivity index (χ4v) is 6.05. The monoisotopic (exact) mass is 672 g/mol. The van der Waals surface area contributed by atoms with E-state index < -0.39 is 60.7 Å². The lowest BCUT2D eigenvalue weighted by atomic mass is 9.82. The minimum absolute atomic E-state index is 0.119. The third-order valence-electron chi connectivity index (χ3n) is 8.83. The molecule has 2 aliphatic heterocycles. The molecular weight excluding hydrogens is 638 g/mol. The van der Waals surface area contributed by atoms with Crippen LogP contribution in [0, 0.1) is 5.41 Å². The van der Waals surface area contributed by atoms with Gasteiger partial charge in [-0.3, -0.25) is 9.69 Å². The van der Waals surface area contributed by atoms with E-state index in [9.17, 15) is 36.6 Å². The first kappa shape index (κ1) is 34.0. The molecule has 4 N–H and O–H groups in total. The number of piperidine rings is 1. The number of carbonyl (C=O) groups is 2. The standard InChI is InChI=1S/C29H34F6N8O4/c1-27(2,29(33,34)35)10-20-21(18(30)13-42(20)26(45)46)40-24(44)17-8-15(11-37-25(17)47-3)19-9-16(22-23(36)38-14-39-43(19)22)12-41-6-4-28(31,32)5-7-41/h8-9,11,14,18,20-21H,4-7,10,12-13H2,1-3H3,(H,40,44)(H,45,46)(H2,36,38,39)/t18-,20?,21-/m0/s1. The third kappa shape index (κ3) is 6.73. The number of alkyl halides is 6. The number of amides is 2. The molecule has 0 bridgehead atoms. The molecule has 1 unspecified atom stereocenters. The van der Waals surface area contributed by atoms with E-state index >= 15 is 4.39 Å². The Morgan fingerprint density at radius 1 is 1.17 bits per heavy atom. The Hall–Kier alpha value is -4.35. The van der Waals surface area contributed by atoms with E-state index in [-0.39, 0.29) is 49.7 Å². The number of nitrogens with one attached hydrogen (secondary N) is 1. The smallest absolute Gasteiger partial charge is 0.407 e. The van der Waals surface area contributed by atoms with Crippen molar-refractivity contribution in [2.45, 2.75) is 70.0 Å². The second-order valence-corrected chi connectivity index (χ2v) is 12.5. The number of nitrogens with zero attached hydrogens (tertiary/aromatic N) is 6. The number of nitrogen functional groups attached to an aromatic ring is 1. The maximum Gasteiger partial charge on any atom is 0.407 e. The van der Waals surface area contributed by atoms with E-state index in [0.29, 0.717) is 27.2 Å². The van der Waals surface area contributed by atoms with Crippen LogP contribution < -0.4 is 15.8 Å². The summed E-state index contributed by atoms with van der Waals surface area (Å²) in [4.78, 5) is 36.2. The van der Waals surface area contributed by atoms with Gasteiger partial charge in [-0.2, -0.15) is 18.3 Å². The van der Waals surface area contributed by atoms with E-state index in [2.05, 4.69) is 20.4 Å². The highest BCUT2D eigenvalue weighted by Crippen LogP contribution is 2.44. The number of hydrogen-bond donors (Lipinski definition) is 3. The quantitative estimate of drug-likeness (QED) is 0.296. The molecule has 2 fully saturated rings. The summed E-state index contributed by atoms with van der Waals surface area (Å²) in [6.45, 7) is 1.58. The number of fused-ring (bicyclic) bond motifs is 1. The first-order valence-electron chi connectivity index (χ1n) is 14.7. The van der Waals surface area contributed by atoms with E-state index in [4.69, 9.17) is 10.5 Å². The second-order valence-electron chi connectivity index (χ2n) is 12.5. The zero-order chi connectivity index (χ0) is 34.5. The van der Waals surface area contributed by atoms with Crippen molar-refractivity contribution in [3.8, 4) is 17.1 Å². The zero-order valence-corrected chi connectivity index (χ0v) is 25.7. The molecule has 18 heteroatoms. The molecule has 0 aliphatic carbocycles. The van der Waals surface area contributed by atoms with E-state index in [1.54, 1.807) is 6.07 Å². The number of anilines is 1. The van der Waals surface area contributed by atoms with Crippen molar-refractivity contribution in [1.29, 1.82) is 0 Å². The van der Waals surface area contributed by atoms with Crippen molar-refractivity contribution in [2.75, 3.05) is 32.5 Å². The highest BCUT2D eigenvalue weighted by molar-refractivity contribution is 5.98. The van der Waals surface area contributed by atoms with Crippen LogP contribution in [-0.2, 0) is 6.54 Å². The van der Waals surface area contributed by atoms with Gasteiger partial charge < -0.3 is 25.8 Å². The van der Waals surface area contributed by atoms with Crippen molar-refractivity contribution >= 4 is 23.3 Å². The SMILES string of the molecule is COc1ncc(-c2cc(CN3CCC(F)(F)CC3)c3c(N)ncnn23)cc1C(=O)N[C@@H]1C(CC(C)(C)C(F)(F)F)N(C(=O)O)C[C@@H]1F. The molecule has 5 rings (SSSR count). The molecule has 2 aliphatic rings. The van der Waals surface area contributed by atoms with Crippen LogP contribution >= 0.6 is 0 Å². The third-order valence-corrected chi connectivity index (χ3v) is 8.83. The Bertz CT molecular complexity index is 1660. The summed E-state index contributed by atoms with van der Waals surface area (Å²) < 4.78 is 90.7. The molecule has 2 amide bonds. The van der Waals surface area contributed by atoms with Crippen molar-refractivity contribution in [3.05, 3.63) is 35.8 Å². The molecule has 12 nitrogen and oxygen atoms in total. The largest absolute Gasteiger partial charge is 0.480 e. The summed E-state index contributed by atoms with van der Waals surface area (Å²) in [5, 5.41) is 16.3. The van der Waals surface area contributed by atoms with Gasteiger partial charge in [0.2, 0.25) is 5.88 Å². The first-order chi connectivity index (χ1) is 21.9. The fraction of sp³-hybridized carbons (Fsp3) is 0.552. The highest BCUT2D eigenvalue weighted by Gasteiger charge is 2.54. The second kappa shape index (κ2) is 12.4. The van der Waals surface area contributed by atoms with Gasteiger partial charge in [-0.05, 0) is 24.1 Å². The molecule has 3 aromatic heterocycles. The van der Waals surface area contributed by atoms with Crippen LogP contribution in [0.3, 0.4) is 0 Å². The number of hydrogen-bond acceptors (Lipinski definition) is 8. The molecular formula is C29H34F6N8O4. The minimum Gasteiger partial charge on any atom is -0.480 e. The van der Waals surface area contributed by atoms with Gasteiger partial charge in [0.25, 0.3) is 11.8 Å². The van der Waals surface area contributed by atoms with Gasteiger partial charge in [-0.25, -0.2) is 32.4 Å². The van der Waals surface area contributed by atoms with Crippen molar-refractivity contribution < 1.29 is 45.8 Å². The molecule has 0 aromatic carbocycles. The molecule has 47 heavy (non-hydrogen) atoms. The Morgan fingerprint density at radius 3 is 2.47 bits per heavy atom. The average Bonchev–Trinajstić information content (AvgIpc) is 3.51. The summed E-state index contributed by atoms with van der Waals surface area (Å²) in [5.41, 5.74) is 5.31. The van der Waals surface area contributed by atoms with E-state index in [0.717, 1.165) is 13.8 Å². The number of rotatable bonds is 8. The maximum atomic E-state index is 15.3. The fourth-order valence-electron chi connectivity index (χ4n) is 6.05. The van der Waals surface area contributed by atoms with Crippen molar-refractivity contribution in [2.24, 2.45) is 5.41 Å². The predicted molar refractivity (Wildman–Crippen MR) is 156 cm³/mol.